The molecule has 0 amide bonds. The van der Waals surface area contributed by atoms with Gasteiger partial charge in [0.15, 0.2) is 0 Å². The van der Waals surface area contributed by atoms with Crippen molar-refractivity contribution >= 4 is 0 Å². The third kappa shape index (κ3) is 4.88. The van der Waals surface area contributed by atoms with E-state index < -0.39 is 18.2 Å². The fourth-order valence-corrected chi connectivity index (χ4v) is 3.11. The van der Waals surface area contributed by atoms with Crippen LogP contribution in [-0.2, 0) is 14.2 Å². The second-order valence-corrected chi connectivity index (χ2v) is 6.60. The van der Waals surface area contributed by atoms with Crippen LogP contribution in [0.3, 0.4) is 0 Å². The Morgan fingerprint density at radius 1 is 1.40 bits per heavy atom. The number of nitrogens with zero attached hydrogens (tertiary/aromatic N) is 2. The highest BCUT2D eigenvalue weighted by Gasteiger charge is 2.41. The first-order valence-electron chi connectivity index (χ1n) is 8.96. The summed E-state index contributed by atoms with van der Waals surface area (Å²) in [5.41, 5.74) is 1.27. The minimum Gasteiger partial charge on any atom is -0.388 e. The molecule has 4 atom stereocenters. The minimum atomic E-state index is -0.796. The van der Waals surface area contributed by atoms with Crippen molar-refractivity contribution in [3.63, 3.8) is 0 Å². The van der Waals surface area contributed by atoms with E-state index in [1.54, 1.807) is 20.2 Å². The number of aromatic nitrogens is 2. The molecule has 1 N–H and O–H groups in total. The summed E-state index contributed by atoms with van der Waals surface area (Å²) < 4.78 is 18.3. The maximum atomic E-state index is 12.4. The molecule has 1 aliphatic rings. The van der Waals surface area contributed by atoms with E-state index in [2.05, 4.69) is 11.9 Å². The zero-order valence-electron chi connectivity index (χ0n) is 15.6. The van der Waals surface area contributed by atoms with Crippen molar-refractivity contribution < 1.29 is 19.3 Å². The molecule has 0 saturated carbocycles. The van der Waals surface area contributed by atoms with Crippen LogP contribution in [0.25, 0.3) is 0 Å². The lowest BCUT2D eigenvalue weighted by atomic mass is 9.94. The summed E-state index contributed by atoms with van der Waals surface area (Å²) in [6.45, 7) is 6.90. The minimum absolute atomic E-state index is 0.279. The van der Waals surface area contributed by atoms with E-state index in [-0.39, 0.29) is 11.8 Å². The highest BCUT2D eigenvalue weighted by Crippen LogP contribution is 2.29. The quantitative estimate of drug-likeness (QED) is 0.710. The van der Waals surface area contributed by atoms with E-state index >= 15 is 0 Å². The van der Waals surface area contributed by atoms with Crippen LogP contribution >= 0.6 is 0 Å². The number of rotatable bonds is 8. The van der Waals surface area contributed by atoms with Gasteiger partial charge in [0.25, 0.3) is 0 Å². The highest BCUT2D eigenvalue weighted by atomic mass is 16.6. The molecule has 25 heavy (non-hydrogen) atoms. The molecule has 0 bridgehead atoms. The molecule has 7 nitrogen and oxygen atoms in total. The first kappa shape index (κ1) is 20.0. The summed E-state index contributed by atoms with van der Waals surface area (Å²) in [7, 11) is 1.60. The average Bonchev–Trinajstić information content (AvgIpc) is 2.59. The lowest BCUT2D eigenvalue weighted by Crippen LogP contribution is -2.54. The largest absolute Gasteiger partial charge is 0.388 e. The van der Waals surface area contributed by atoms with Gasteiger partial charge in [-0.05, 0) is 25.8 Å². The van der Waals surface area contributed by atoms with Gasteiger partial charge in [-0.3, -0.25) is 4.57 Å². The van der Waals surface area contributed by atoms with Gasteiger partial charge in [-0.25, -0.2) is 4.79 Å². The standard InChI is InChI=1S/C18H30N2O5/c1-5-6-7-15-16(21)17(24-9-8-23-4)14(11-25-15)20-10-12(2)13(3)19-18(20)22/h10,14-17,21H,5-9,11H2,1-4H3. The zero-order chi connectivity index (χ0) is 18.4. The van der Waals surface area contributed by atoms with Crippen LogP contribution in [0.4, 0.5) is 0 Å². The Labute approximate surface area is 148 Å². The van der Waals surface area contributed by atoms with Crippen molar-refractivity contribution in [2.24, 2.45) is 0 Å². The van der Waals surface area contributed by atoms with Crippen LogP contribution in [0.1, 0.15) is 43.5 Å². The SMILES string of the molecule is CCCCC1OCC(n2cc(C)c(C)nc2=O)C(OCCOC)C1O. The van der Waals surface area contributed by atoms with Gasteiger partial charge in [-0.15, -0.1) is 0 Å². The molecule has 1 fully saturated rings. The molecule has 4 unspecified atom stereocenters. The van der Waals surface area contributed by atoms with E-state index in [0.717, 1.165) is 24.8 Å². The monoisotopic (exact) mass is 354 g/mol. The summed E-state index contributed by atoms with van der Waals surface area (Å²) in [5.74, 6) is 0. The summed E-state index contributed by atoms with van der Waals surface area (Å²) in [4.78, 5) is 16.4. The molecular formula is C18H30N2O5. The second-order valence-electron chi connectivity index (χ2n) is 6.60. The number of methoxy groups -OCH3 is 1. The molecule has 0 spiro atoms. The van der Waals surface area contributed by atoms with Crippen molar-refractivity contribution in [3.8, 4) is 0 Å². The molecule has 0 aliphatic carbocycles. The van der Waals surface area contributed by atoms with Gasteiger partial charge < -0.3 is 19.3 Å². The third-order valence-corrected chi connectivity index (χ3v) is 4.76. The second kappa shape index (κ2) is 9.43. The van der Waals surface area contributed by atoms with Crippen molar-refractivity contribution in [3.05, 3.63) is 27.9 Å². The zero-order valence-corrected chi connectivity index (χ0v) is 15.6. The lowest BCUT2D eigenvalue weighted by Gasteiger charge is -2.40. The van der Waals surface area contributed by atoms with Gasteiger partial charge in [-0.2, -0.15) is 4.98 Å². The van der Waals surface area contributed by atoms with Crippen LogP contribution in [0, 0.1) is 13.8 Å². The topological polar surface area (TPSA) is 82.8 Å². The van der Waals surface area contributed by atoms with Crippen LogP contribution in [0.2, 0.25) is 0 Å². The van der Waals surface area contributed by atoms with Gasteiger partial charge in [0, 0.05) is 19.0 Å². The highest BCUT2D eigenvalue weighted by molar-refractivity contribution is 5.13. The molecule has 0 aromatic carbocycles. The van der Waals surface area contributed by atoms with E-state index in [0.29, 0.717) is 25.5 Å². The van der Waals surface area contributed by atoms with Gasteiger partial charge in [0.1, 0.15) is 12.2 Å². The summed E-state index contributed by atoms with van der Waals surface area (Å²) >= 11 is 0. The number of hydrogen-bond acceptors (Lipinski definition) is 6. The Kier molecular flexibility index (Phi) is 7.56. The summed E-state index contributed by atoms with van der Waals surface area (Å²) in [6.07, 6.45) is 2.94. The number of aliphatic hydroxyl groups excluding tert-OH is 1. The normalized spacial score (nSPS) is 26.8. The molecule has 0 radical (unpaired) electrons. The molecule has 2 rings (SSSR count). The number of ether oxygens (including phenoxy) is 3. The van der Waals surface area contributed by atoms with Crippen LogP contribution in [0.15, 0.2) is 11.0 Å². The summed E-state index contributed by atoms with van der Waals surface area (Å²) in [6, 6.07) is -0.413. The average molecular weight is 354 g/mol. The Balaban J connectivity index is 2.25. The fraction of sp³-hybridized carbons (Fsp3) is 0.778. The molecule has 2 heterocycles. The molecule has 142 valence electrons. The predicted molar refractivity (Wildman–Crippen MR) is 93.9 cm³/mol. The maximum Gasteiger partial charge on any atom is 0.348 e. The van der Waals surface area contributed by atoms with E-state index in [1.165, 1.54) is 4.57 Å². The Morgan fingerprint density at radius 3 is 2.84 bits per heavy atom. The van der Waals surface area contributed by atoms with Gasteiger partial charge in [0.05, 0.1) is 32.0 Å². The van der Waals surface area contributed by atoms with Gasteiger partial charge in [0.2, 0.25) is 0 Å². The maximum absolute atomic E-state index is 12.4. The predicted octanol–water partition coefficient (Wildman–Crippen LogP) is 1.38. The van der Waals surface area contributed by atoms with E-state index in [1.807, 2.05) is 6.92 Å². The van der Waals surface area contributed by atoms with E-state index in [4.69, 9.17) is 14.2 Å². The van der Waals surface area contributed by atoms with Crippen LogP contribution in [0.5, 0.6) is 0 Å². The number of aryl methyl sites for hydroxylation is 2. The third-order valence-electron chi connectivity index (χ3n) is 4.76. The summed E-state index contributed by atoms with van der Waals surface area (Å²) in [5, 5.41) is 10.8. The smallest absolute Gasteiger partial charge is 0.348 e. The van der Waals surface area contributed by atoms with Gasteiger partial charge >= 0.3 is 5.69 Å². The number of hydrogen-bond donors (Lipinski definition) is 1. The molecule has 7 heteroatoms. The van der Waals surface area contributed by atoms with Crippen molar-refractivity contribution in [2.45, 2.75) is 64.4 Å². The van der Waals surface area contributed by atoms with Crippen molar-refractivity contribution in [1.29, 1.82) is 0 Å². The Hall–Kier alpha value is -1.28. The Morgan fingerprint density at radius 2 is 2.16 bits per heavy atom. The Bertz CT molecular complexity index is 604. The molecule has 1 saturated heterocycles. The lowest BCUT2D eigenvalue weighted by molar-refractivity contribution is -0.183. The fourth-order valence-electron chi connectivity index (χ4n) is 3.11. The van der Waals surface area contributed by atoms with E-state index in [9.17, 15) is 9.90 Å². The molecule has 1 aromatic heterocycles. The number of aliphatic hydroxyl groups is 1. The molecule has 1 aromatic rings. The van der Waals surface area contributed by atoms with Crippen LogP contribution in [-0.4, -0.2) is 59.9 Å². The van der Waals surface area contributed by atoms with Gasteiger partial charge in [-0.1, -0.05) is 19.8 Å². The van der Waals surface area contributed by atoms with Crippen molar-refractivity contribution in [2.75, 3.05) is 26.9 Å². The van der Waals surface area contributed by atoms with Crippen molar-refractivity contribution in [1.82, 2.24) is 9.55 Å². The first-order chi connectivity index (χ1) is 12.0. The molecule has 1 aliphatic heterocycles. The first-order valence-corrected chi connectivity index (χ1v) is 8.96. The number of unbranched alkanes of at least 4 members (excludes halogenated alkanes) is 1. The van der Waals surface area contributed by atoms with Crippen LogP contribution < -0.4 is 5.69 Å². The molecular weight excluding hydrogens is 324 g/mol.